The standard InChI is InChI=1S/C17H17BO5/c1-11(2)22-17(19)12-3-5-14(6-4-12)23-15-7-8-16-13(9-15)10-21-18(16)20/h3-9,11,20H,10H2,1-2H3. The van der Waals surface area contributed by atoms with Gasteiger partial charge in [0.1, 0.15) is 11.5 Å². The van der Waals surface area contributed by atoms with Crippen LogP contribution in [0.2, 0.25) is 0 Å². The second-order valence-corrected chi connectivity index (χ2v) is 5.60. The molecule has 2 aromatic rings. The topological polar surface area (TPSA) is 65.0 Å². The van der Waals surface area contributed by atoms with Gasteiger partial charge in [-0.3, -0.25) is 0 Å². The molecule has 0 amide bonds. The lowest BCUT2D eigenvalue weighted by atomic mass is 9.80. The number of esters is 1. The number of rotatable bonds is 4. The Morgan fingerprint density at radius 2 is 1.87 bits per heavy atom. The second kappa shape index (κ2) is 6.44. The van der Waals surface area contributed by atoms with E-state index in [9.17, 15) is 9.82 Å². The van der Waals surface area contributed by atoms with Crippen molar-refractivity contribution in [2.45, 2.75) is 26.6 Å². The summed E-state index contributed by atoms with van der Waals surface area (Å²) in [6.07, 6.45) is -0.151. The van der Waals surface area contributed by atoms with Crippen molar-refractivity contribution < 1.29 is 23.9 Å². The summed E-state index contributed by atoms with van der Waals surface area (Å²) in [5.41, 5.74) is 2.16. The molecule has 0 spiro atoms. The fourth-order valence-electron chi connectivity index (χ4n) is 2.35. The largest absolute Gasteiger partial charge is 0.491 e. The molecule has 0 fully saturated rings. The zero-order valence-corrected chi connectivity index (χ0v) is 13.0. The fourth-order valence-corrected chi connectivity index (χ4v) is 2.35. The van der Waals surface area contributed by atoms with Crippen molar-refractivity contribution >= 4 is 18.6 Å². The zero-order valence-electron chi connectivity index (χ0n) is 13.0. The van der Waals surface area contributed by atoms with Crippen molar-refractivity contribution in [2.24, 2.45) is 0 Å². The predicted octanol–water partition coefficient (Wildman–Crippen LogP) is 2.26. The van der Waals surface area contributed by atoms with Gasteiger partial charge in [-0.25, -0.2) is 4.79 Å². The highest BCUT2D eigenvalue weighted by molar-refractivity contribution is 6.61. The zero-order chi connectivity index (χ0) is 16.4. The molecular formula is C17H17BO5. The SMILES string of the molecule is CC(C)OC(=O)c1ccc(Oc2ccc3c(c2)COB3O)cc1. The summed E-state index contributed by atoms with van der Waals surface area (Å²) < 4.78 is 16.1. The van der Waals surface area contributed by atoms with Gasteiger partial charge in [-0.2, -0.15) is 0 Å². The first-order chi connectivity index (χ1) is 11.0. The molecule has 2 aromatic carbocycles. The molecule has 6 heteroatoms. The molecule has 0 unspecified atom stereocenters. The molecule has 118 valence electrons. The molecule has 0 aliphatic carbocycles. The van der Waals surface area contributed by atoms with Gasteiger partial charge >= 0.3 is 13.1 Å². The molecule has 1 aliphatic rings. The van der Waals surface area contributed by atoms with Crippen LogP contribution >= 0.6 is 0 Å². The summed E-state index contributed by atoms with van der Waals surface area (Å²) in [6, 6.07) is 12.2. The molecule has 23 heavy (non-hydrogen) atoms. The molecule has 0 aromatic heterocycles. The van der Waals surface area contributed by atoms with Crippen molar-refractivity contribution in [3.63, 3.8) is 0 Å². The fraction of sp³-hybridized carbons (Fsp3) is 0.235. The number of carbonyl (C=O) groups excluding carboxylic acids is 1. The van der Waals surface area contributed by atoms with Crippen LogP contribution in [0.5, 0.6) is 11.5 Å². The first-order valence-corrected chi connectivity index (χ1v) is 7.44. The third-order valence-electron chi connectivity index (χ3n) is 3.45. The normalized spacial score (nSPS) is 13.1. The Morgan fingerprint density at radius 1 is 1.17 bits per heavy atom. The molecule has 0 saturated heterocycles. The van der Waals surface area contributed by atoms with Gasteiger partial charge in [0.25, 0.3) is 0 Å². The quantitative estimate of drug-likeness (QED) is 0.693. The number of hydrogen-bond acceptors (Lipinski definition) is 5. The summed E-state index contributed by atoms with van der Waals surface area (Å²) in [5, 5.41) is 9.60. The van der Waals surface area contributed by atoms with Crippen molar-refractivity contribution in [3.8, 4) is 11.5 Å². The van der Waals surface area contributed by atoms with Gasteiger partial charge < -0.3 is 19.2 Å². The molecule has 1 heterocycles. The molecule has 0 radical (unpaired) electrons. The highest BCUT2D eigenvalue weighted by atomic mass is 16.5. The molecule has 0 saturated carbocycles. The summed E-state index contributed by atoms with van der Waals surface area (Å²) in [4.78, 5) is 11.8. The van der Waals surface area contributed by atoms with Crippen LogP contribution in [0.25, 0.3) is 0 Å². The number of carbonyl (C=O) groups is 1. The van der Waals surface area contributed by atoms with E-state index in [2.05, 4.69) is 0 Å². The highest BCUT2D eigenvalue weighted by Crippen LogP contribution is 2.24. The van der Waals surface area contributed by atoms with Crippen LogP contribution < -0.4 is 10.2 Å². The molecule has 1 N–H and O–H groups in total. The number of fused-ring (bicyclic) bond motifs is 1. The Bertz CT molecular complexity index is 711. The van der Waals surface area contributed by atoms with Crippen molar-refractivity contribution in [2.75, 3.05) is 0 Å². The maximum absolute atomic E-state index is 11.8. The smallest absolute Gasteiger partial charge is 0.459 e. The number of hydrogen-bond donors (Lipinski definition) is 1. The molecule has 0 bridgehead atoms. The van der Waals surface area contributed by atoms with Gasteiger partial charge in [-0.15, -0.1) is 0 Å². The van der Waals surface area contributed by atoms with Crippen LogP contribution in [0.3, 0.4) is 0 Å². The van der Waals surface area contributed by atoms with Gasteiger partial charge in [-0.05, 0) is 61.3 Å². The van der Waals surface area contributed by atoms with E-state index in [1.807, 2.05) is 19.9 Å². The van der Waals surface area contributed by atoms with Crippen molar-refractivity contribution in [1.29, 1.82) is 0 Å². The van der Waals surface area contributed by atoms with E-state index >= 15 is 0 Å². The van der Waals surface area contributed by atoms with Crippen LogP contribution in [-0.4, -0.2) is 24.2 Å². The van der Waals surface area contributed by atoms with Crippen LogP contribution in [0.4, 0.5) is 0 Å². The van der Waals surface area contributed by atoms with Gasteiger partial charge in [0, 0.05) is 0 Å². The van der Waals surface area contributed by atoms with E-state index < -0.39 is 7.12 Å². The minimum atomic E-state index is -0.856. The molecule has 5 nitrogen and oxygen atoms in total. The van der Waals surface area contributed by atoms with Gasteiger partial charge in [0.15, 0.2) is 0 Å². The average Bonchev–Trinajstić information content (AvgIpc) is 2.88. The highest BCUT2D eigenvalue weighted by Gasteiger charge is 2.27. The maximum atomic E-state index is 11.8. The second-order valence-electron chi connectivity index (χ2n) is 5.60. The third kappa shape index (κ3) is 3.55. The van der Waals surface area contributed by atoms with Gasteiger partial charge in [0.2, 0.25) is 0 Å². The Hall–Kier alpha value is -2.31. The monoisotopic (exact) mass is 312 g/mol. The van der Waals surface area contributed by atoms with Gasteiger partial charge in [0.05, 0.1) is 18.3 Å². The van der Waals surface area contributed by atoms with Gasteiger partial charge in [-0.1, -0.05) is 6.07 Å². The van der Waals surface area contributed by atoms with Crippen molar-refractivity contribution in [1.82, 2.24) is 0 Å². The van der Waals surface area contributed by atoms with E-state index in [0.717, 1.165) is 11.0 Å². The molecule has 0 atom stereocenters. The third-order valence-corrected chi connectivity index (χ3v) is 3.45. The average molecular weight is 312 g/mol. The van der Waals surface area contributed by atoms with E-state index in [1.165, 1.54) is 0 Å². The van der Waals surface area contributed by atoms with E-state index in [1.54, 1.807) is 36.4 Å². The van der Waals surface area contributed by atoms with Crippen LogP contribution in [-0.2, 0) is 16.0 Å². The maximum Gasteiger partial charge on any atom is 0.491 e. The van der Waals surface area contributed by atoms with E-state index in [-0.39, 0.29) is 12.1 Å². The van der Waals surface area contributed by atoms with Crippen LogP contribution in [0.15, 0.2) is 42.5 Å². The van der Waals surface area contributed by atoms with Crippen LogP contribution in [0.1, 0.15) is 29.8 Å². The minimum Gasteiger partial charge on any atom is -0.459 e. The predicted molar refractivity (Wildman–Crippen MR) is 85.9 cm³/mol. The lowest BCUT2D eigenvalue weighted by molar-refractivity contribution is 0.0378. The minimum absolute atomic E-state index is 0.151. The summed E-state index contributed by atoms with van der Waals surface area (Å²) >= 11 is 0. The Labute approximate surface area is 134 Å². The number of benzene rings is 2. The van der Waals surface area contributed by atoms with Crippen molar-refractivity contribution in [3.05, 3.63) is 53.6 Å². The Morgan fingerprint density at radius 3 is 2.57 bits per heavy atom. The lowest BCUT2D eigenvalue weighted by Gasteiger charge is -2.09. The molecule has 1 aliphatic heterocycles. The Kier molecular flexibility index (Phi) is 4.36. The first kappa shape index (κ1) is 15.6. The lowest BCUT2D eigenvalue weighted by Crippen LogP contribution is -2.27. The molecular weight excluding hydrogens is 295 g/mol. The van der Waals surface area contributed by atoms with E-state index in [0.29, 0.717) is 23.7 Å². The summed E-state index contributed by atoms with van der Waals surface area (Å²) in [7, 11) is -0.856. The first-order valence-electron chi connectivity index (χ1n) is 7.44. The Balaban J connectivity index is 1.70. The van der Waals surface area contributed by atoms with E-state index in [4.69, 9.17) is 14.1 Å². The van der Waals surface area contributed by atoms with Crippen LogP contribution in [0, 0.1) is 0 Å². The molecule has 3 rings (SSSR count). The summed E-state index contributed by atoms with van der Waals surface area (Å²) in [5.74, 6) is 0.916. The summed E-state index contributed by atoms with van der Waals surface area (Å²) in [6.45, 7) is 3.99. The number of ether oxygens (including phenoxy) is 2.